The van der Waals surface area contributed by atoms with Gasteiger partial charge in [-0.25, -0.2) is 4.98 Å². The summed E-state index contributed by atoms with van der Waals surface area (Å²) in [6.07, 6.45) is 0. The number of nitrogens with zero attached hydrogens (tertiary/aromatic N) is 6. The molecule has 10 heteroatoms. The van der Waals surface area contributed by atoms with E-state index in [4.69, 9.17) is 33.9 Å². The Kier molecular flexibility index (Phi) is 5.43. The maximum Gasteiger partial charge on any atom is 0.274 e. The minimum Gasteiger partial charge on any atom is -0.316 e. The van der Waals surface area contributed by atoms with Crippen molar-refractivity contribution in [1.29, 1.82) is 0 Å². The van der Waals surface area contributed by atoms with Crippen LogP contribution in [0.15, 0.2) is 66.7 Å². The second-order valence-electron chi connectivity index (χ2n) is 8.85. The number of rotatable bonds is 4. The lowest BCUT2D eigenvalue weighted by Gasteiger charge is -2.39. The lowest BCUT2D eigenvalue weighted by Crippen LogP contribution is -2.55. The van der Waals surface area contributed by atoms with Crippen LogP contribution < -0.4 is 11.1 Å². The molecule has 0 spiro atoms. The van der Waals surface area contributed by atoms with Crippen LogP contribution >= 0.6 is 23.2 Å². The summed E-state index contributed by atoms with van der Waals surface area (Å²) in [5, 5.41) is 17.7. The number of fused-ring (bicyclic) bond motifs is 3. The lowest BCUT2D eigenvalue weighted by molar-refractivity contribution is 0.231. The Morgan fingerprint density at radius 3 is 2.54 bits per heavy atom. The maximum absolute atomic E-state index is 7.37. The second kappa shape index (κ2) is 8.51. The molecule has 6 rings (SSSR count). The van der Waals surface area contributed by atoms with Gasteiger partial charge in [0.15, 0.2) is 0 Å². The molecule has 5 aromatic rings. The van der Waals surface area contributed by atoms with E-state index in [0.717, 1.165) is 46.5 Å². The monoisotopic (exact) mass is 504 g/mol. The number of nitrogens with two attached hydrogens (primary N) is 1. The maximum atomic E-state index is 7.37. The Bertz CT molecular complexity index is 1550. The Balaban J connectivity index is 1.64. The quantitative estimate of drug-likeness (QED) is 0.384. The van der Waals surface area contributed by atoms with Gasteiger partial charge in [0, 0.05) is 40.3 Å². The molecule has 3 heterocycles. The van der Waals surface area contributed by atoms with Gasteiger partial charge in [-0.1, -0.05) is 58.6 Å². The van der Waals surface area contributed by atoms with Crippen LogP contribution in [0, 0.1) is 0 Å². The van der Waals surface area contributed by atoms with Crippen molar-refractivity contribution in [2.75, 3.05) is 20.3 Å². The van der Waals surface area contributed by atoms with E-state index in [2.05, 4.69) is 38.9 Å². The van der Waals surface area contributed by atoms with Crippen molar-refractivity contribution in [2.45, 2.75) is 11.6 Å². The van der Waals surface area contributed by atoms with Crippen molar-refractivity contribution in [3.8, 4) is 11.3 Å². The van der Waals surface area contributed by atoms with Crippen LogP contribution in [-0.2, 0) is 5.54 Å². The Morgan fingerprint density at radius 2 is 1.80 bits per heavy atom. The van der Waals surface area contributed by atoms with Gasteiger partial charge in [-0.15, -0.1) is 0 Å². The van der Waals surface area contributed by atoms with Crippen LogP contribution in [0.1, 0.15) is 11.1 Å². The summed E-state index contributed by atoms with van der Waals surface area (Å²) in [6.45, 7) is 1.50. The van der Waals surface area contributed by atoms with Gasteiger partial charge in [0.1, 0.15) is 0 Å². The average molecular weight is 505 g/mol. The van der Waals surface area contributed by atoms with Gasteiger partial charge < -0.3 is 11.1 Å². The summed E-state index contributed by atoms with van der Waals surface area (Å²) in [7, 11) is 2.08. The first-order valence-electron chi connectivity index (χ1n) is 11.2. The molecule has 2 aromatic heterocycles. The molecule has 1 fully saturated rings. The van der Waals surface area contributed by atoms with E-state index in [1.165, 1.54) is 0 Å². The summed E-state index contributed by atoms with van der Waals surface area (Å²) >= 11 is 12.5. The van der Waals surface area contributed by atoms with E-state index in [1.54, 1.807) is 4.52 Å². The molecule has 35 heavy (non-hydrogen) atoms. The zero-order valence-corrected chi connectivity index (χ0v) is 20.4. The average Bonchev–Trinajstić information content (AvgIpc) is 3.52. The molecule has 2 unspecified atom stereocenters. The van der Waals surface area contributed by atoms with E-state index in [-0.39, 0.29) is 6.04 Å². The van der Waals surface area contributed by atoms with Crippen molar-refractivity contribution in [1.82, 2.24) is 35.2 Å². The molecule has 1 aliphatic heterocycles. The van der Waals surface area contributed by atoms with Crippen molar-refractivity contribution in [3.05, 3.63) is 87.9 Å². The number of tetrazole rings is 1. The molecule has 0 bridgehead atoms. The number of halogens is 2. The summed E-state index contributed by atoms with van der Waals surface area (Å²) < 4.78 is 1.64. The molecule has 0 aliphatic carbocycles. The number of benzene rings is 3. The summed E-state index contributed by atoms with van der Waals surface area (Å²) in [5.41, 5.74) is 10.9. The predicted octanol–water partition coefficient (Wildman–Crippen LogP) is 3.71. The van der Waals surface area contributed by atoms with E-state index in [0.29, 0.717) is 15.8 Å². The number of likely N-dealkylation sites (N-methyl/N-ethyl adjacent to an activating group) is 1. The fraction of sp³-hybridized carbons (Fsp3) is 0.200. The molecule has 3 aromatic carbocycles. The molecule has 176 valence electrons. The highest BCUT2D eigenvalue weighted by Crippen LogP contribution is 2.38. The molecule has 1 saturated heterocycles. The minimum atomic E-state index is -0.821. The number of hydrogen-bond donors (Lipinski definition) is 2. The van der Waals surface area contributed by atoms with Crippen molar-refractivity contribution in [3.63, 3.8) is 0 Å². The van der Waals surface area contributed by atoms with Gasteiger partial charge in [0.2, 0.25) is 0 Å². The molecule has 0 saturated carbocycles. The summed E-state index contributed by atoms with van der Waals surface area (Å²) in [5.74, 6) is 0.414. The van der Waals surface area contributed by atoms with Crippen LogP contribution in [0.25, 0.3) is 27.9 Å². The van der Waals surface area contributed by atoms with Gasteiger partial charge in [-0.3, -0.25) is 4.90 Å². The molecule has 0 radical (unpaired) electrons. The Labute approximate surface area is 211 Å². The van der Waals surface area contributed by atoms with E-state index in [9.17, 15) is 0 Å². The molecular weight excluding hydrogens is 483 g/mol. The normalized spacial score (nSPS) is 18.3. The summed E-state index contributed by atoms with van der Waals surface area (Å²) in [4.78, 5) is 7.02. The van der Waals surface area contributed by atoms with Crippen LogP contribution in [0.4, 0.5) is 0 Å². The van der Waals surface area contributed by atoms with Crippen LogP contribution in [0.3, 0.4) is 0 Å². The SMILES string of the molecule is CN1CNCC1C(N)(c1ccc(Cl)cc1)c1ccc2c(c1)c(-c1cccc(Cl)c1)nc1nnnn12. The highest BCUT2D eigenvalue weighted by molar-refractivity contribution is 6.31. The molecule has 1 aliphatic rings. The van der Waals surface area contributed by atoms with Gasteiger partial charge >= 0.3 is 0 Å². The highest BCUT2D eigenvalue weighted by Gasteiger charge is 2.43. The zero-order chi connectivity index (χ0) is 24.2. The Morgan fingerprint density at radius 1 is 1.00 bits per heavy atom. The molecule has 8 nitrogen and oxygen atoms in total. The smallest absolute Gasteiger partial charge is 0.274 e. The largest absolute Gasteiger partial charge is 0.316 e. The van der Waals surface area contributed by atoms with Crippen molar-refractivity contribution in [2.24, 2.45) is 5.73 Å². The van der Waals surface area contributed by atoms with Crippen LogP contribution in [0.2, 0.25) is 10.0 Å². The van der Waals surface area contributed by atoms with Gasteiger partial charge in [-0.05, 0) is 65.0 Å². The van der Waals surface area contributed by atoms with Crippen molar-refractivity contribution < 1.29 is 0 Å². The second-order valence-corrected chi connectivity index (χ2v) is 9.73. The van der Waals surface area contributed by atoms with Crippen LogP contribution in [-0.4, -0.2) is 56.2 Å². The molecular formula is C25H22Cl2N8. The molecule has 2 atom stereocenters. The first-order chi connectivity index (χ1) is 16.9. The summed E-state index contributed by atoms with van der Waals surface area (Å²) in [6, 6.07) is 21.5. The highest BCUT2D eigenvalue weighted by atomic mass is 35.5. The number of hydrogen-bond acceptors (Lipinski definition) is 7. The van der Waals surface area contributed by atoms with E-state index in [1.807, 2.05) is 60.7 Å². The van der Waals surface area contributed by atoms with Gasteiger partial charge in [0.25, 0.3) is 5.78 Å². The fourth-order valence-electron chi connectivity index (χ4n) is 5.02. The first-order valence-corrected chi connectivity index (χ1v) is 11.9. The van der Waals surface area contributed by atoms with Gasteiger partial charge in [-0.2, -0.15) is 4.52 Å². The standard InChI is InChI=1S/C25H22Cl2N8/c1-34-14-29-13-22(34)25(28,16-5-8-18(26)9-6-16)17-7-10-21-20(12-17)23(15-3-2-4-19(27)11-15)30-24-31-32-33-35(21)24/h2-12,22,29H,13-14,28H2,1H3. The van der Waals surface area contributed by atoms with Gasteiger partial charge in [0.05, 0.1) is 16.7 Å². The predicted molar refractivity (Wildman–Crippen MR) is 137 cm³/mol. The fourth-order valence-corrected chi connectivity index (χ4v) is 5.34. The van der Waals surface area contributed by atoms with E-state index >= 15 is 0 Å². The minimum absolute atomic E-state index is 0.0143. The third-order valence-corrected chi connectivity index (χ3v) is 7.29. The molecule has 3 N–H and O–H groups in total. The molecule has 0 amide bonds. The lowest BCUT2D eigenvalue weighted by atomic mass is 9.77. The topological polar surface area (TPSA) is 97.3 Å². The van der Waals surface area contributed by atoms with Crippen molar-refractivity contribution >= 4 is 39.9 Å². The third-order valence-electron chi connectivity index (χ3n) is 6.80. The number of aromatic nitrogens is 5. The van der Waals surface area contributed by atoms with Crippen LogP contribution in [0.5, 0.6) is 0 Å². The first kappa shape index (κ1) is 22.3. The zero-order valence-electron chi connectivity index (χ0n) is 18.9. The Hall–Kier alpha value is -3.14. The number of nitrogens with one attached hydrogen (secondary N) is 1. The third kappa shape index (κ3) is 3.65. The van der Waals surface area contributed by atoms with E-state index < -0.39 is 5.54 Å².